The maximum Gasteiger partial charge on any atom is 0.236 e. The Balaban J connectivity index is 1.98. The van der Waals surface area contributed by atoms with Crippen LogP contribution in [0.2, 0.25) is 0 Å². The van der Waals surface area contributed by atoms with Crippen LogP contribution in [0.1, 0.15) is 18.5 Å². The monoisotopic (exact) mass is 293 g/mol. The standard InChI is InChI=1S/C15H23N3O3/c1-11(12-7-13(19)9-14(20)8-12)17(2)10-15(21)18-5-3-16-4-6-18/h7-9,11,16,19-20H,3-6,10H2,1-2H3. The number of rotatable bonds is 4. The zero-order valence-corrected chi connectivity index (χ0v) is 12.5. The summed E-state index contributed by atoms with van der Waals surface area (Å²) >= 11 is 0. The molecule has 1 fully saturated rings. The van der Waals surface area contributed by atoms with E-state index >= 15 is 0 Å². The van der Waals surface area contributed by atoms with Crippen molar-refractivity contribution in [2.24, 2.45) is 0 Å². The van der Waals surface area contributed by atoms with Crippen molar-refractivity contribution in [3.63, 3.8) is 0 Å². The number of nitrogens with zero attached hydrogens (tertiary/aromatic N) is 2. The van der Waals surface area contributed by atoms with Crippen LogP contribution in [0.4, 0.5) is 0 Å². The van der Waals surface area contributed by atoms with Gasteiger partial charge in [-0.1, -0.05) is 0 Å². The van der Waals surface area contributed by atoms with Crippen LogP contribution in [-0.2, 0) is 4.79 Å². The van der Waals surface area contributed by atoms with Gasteiger partial charge in [-0.05, 0) is 31.7 Å². The lowest BCUT2D eigenvalue weighted by Gasteiger charge is -2.31. The molecule has 0 spiro atoms. The summed E-state index contributed by atoms with van der Waals surface area (Å²) in [5, 5.41) is 22.3. The summed E-state index contributed by atoms with van der Waals surface area (Å²) in [5.74, 6) is 0.160. The number of aromatic hydroxyl groups is 2. The lowest BCUT2D eigenvalue weighted by Crippen LogP contribution is -2.49. The molecule has 1 unspecified atom stereocenters. The summed E-state index contributed by atoms with van der Waals surface area (Å²) in [5.41, 5.74) is 0.781. The molecule has 1 aromatic carbocycles. The zero-order chi connectivity index (χ0) is 15.4. The molecule has 1 aromatic rings. The topological polar surface area (TPSA) is 76.0 Å². The molecule has 6 nitrogen and oxygen atoms in total. The van der Waals surface area contributed by atoms with E-state index in [0.29, 0.717) is 6.54 Å². The molecule has 21 heavy (non-hydrogen) atoms. The fourth-order valence-electron chi connectivity index (χ4n) is 2.48. The highest BCUT2D eigenvalue weighted by atomic mass is 16.3. The van der Waals surface area contributed by atoms with Crippen molar-refractivity contribution >= 4 is 5.91 Å². The quantitative estimate of drug-likeness (QED) is 0.755. The predicted octanol–water partition coefficient (Wildman–Crippen LogP) is 0.522. The van der Waals surface area contributed by atoms with E-state index < -0.39 is 0 Å². The van der Waals surface area contributed by atoms with Gasteiger partial charge in [0.2, 0.25) is 5.91 Å². The molecular formula is C15H23N3O3. The van der Waals surface area contributed by atoms with E-state index in [1.807, 2.05) is 23.8 Å². The second kappa shape index (κ2) is 6.78. The van der Waals surface area contributed by atoms with E-state index in [4.69, 9.17) is 0 Å². The van der Waals surface area contributed by atoms with Crippen LogP contribution >= 0.6 is 0 Å². The summed E-state index contributed by atoms with van der Waals surface area (Å²) in [4.78, 5) is 16.0. The van der Waals surface area contributed by atoms with Gasteiger partial charge in [0, 0.05) is 38.3 Å². The maximum atomic E-state index is 12.2. The molecule has 0 aromatic heterocycles. The highest BCUT2D eigenvalue weighted by molar-refractivity contribution is 5.78. The molecule has 3 N–H and O–H groups in total. The minimum Gasteiger partial charge on any atom is -0.508 e. The number of amides is 1. The summed E-state index contributed by atoms with van der Waals surface area (Å²) in [6, 6.07) is 4.43. The number of nitrogens with one attached hydrogen (secondary N) is 1. The largest absolute Gasteiger partial charge is 0.508 e. The number of phenols is 2. The predicted molar refractivity (Wildman–Crippen MR) is 80.3 cm³/mol. The van der Waals surface area contributed by atoms with E-state index in [0.717, 1.165) is 31.7 Å². The Bertz CT molecular complexity index is 481. The normalized spacial score (nSPS) is 17.0. The van der Waals surface area contributed by atoms with Gasteiger partial charge in [0.05, 0.1) is 6.54 Å². The maximum absolute atomic E-state index is 12.2. The van der Waals surface area contributed by atoms with Crippen molar-refractivity contribution in [3.8, 4) is 11.5 Å². The van der Waals surface area contributed by atoms with Crippen molar-refractivity contribution in [1.29, 1.82) is 0 Å². The molecule has 0 radical (unpaired) electrons. The van der Waals surface area contributed by atoms with Crippen LogP contribution in [0.3, 0.4) is 0 Å². The molecule has 1 aliphatic rings. The van der Waals surface area contributed by atoms with E-state index in [-0.39, 0.29) is 23.4 Å². The highest BCUT2D eigenvalue weighted by Gasteiger charge is 2.21. The lowest BCUT2D eigenvalue weighted by atomic mass is 10.1. The minimum absolute atomic E-state index is 0.0266. The highest BCUT2D eigenvalue weighted by Crippen LogP contribution is 2.27. The van der Waals surface area contributed by atoms with Crippen LogP contribution in [-0.4, -0.2) is 65.7 Å². The van der Waals surface area contributed by atoms with Crippen LogP contribution in [0.25, 0.3) is 0 Å². The number of hydrogen-bond acceptors (Lipinski definition) is 5. The van der Waals surface area contributed by atoms with Gasteiger partial charge >= 0.3 is 0 Å². The molecule has 1 saturated heterocycles. The zero-order valence-electron chi connectivity index (χ0n) is 12.5. The summed E-state index contributed by atoms with van der Waals surface area (Å²) in [6.07, 6.45) is 0. The molecule has 1 heterocycles. The summed E-state index contributed by atoms with van der Waals surface area (Å²) in [6.45, 7) is 5.43. The minimum atomic E-state index is -0.0742. The smallest absolute Gasteiger partial charge is 0.236 e. The lowest BCUT2D eigenvalue weighted by molar-refractivity contribution is -0.133. The van der Waals surface area contributed by atoms with Crippen LogP contribution in [0.15, 0.2) is 18.2 Å². The third kappa shape index (κ3) is 4.09. The average molecular weight is 293 g/mol. The number of hydrogen-bond donors (Lipinski definition) is 3. The molecule has 1 amide bonds. The Morgan fingerprint density at radius 2 is 1.86 bits per heavy atom. The Morgan fingerprint density at radius 3 is 2.43 bits per heavy atom. The number of phenolic OH excluding ortho intramolecular Hbond substituents is 2. The van der Waals surface area contributed by atoms with Gasteiger partial charge in [-0.2, -0.15) is 0 Å². The van der Waals surface area contributed by atoms with Gasteiger partial charge in [0.15, 0.2) is 0 Å². The number of carbonyl (C=O) groups excluding carboxylic acids is 1. The van der Waals surface area contributed by atoms with Crippen molar-refractivity contribution < 1.29 is 15.0 Å². The second-order valence-corrected chi connectivity index (χ2v) is 5.50. The van der Waals surface area contributed by atoms with Crippen LogP contribution < -0.4 is 5.32 Å². The van der Waals surface area contributed by atoms with Crippen molar-refractivity contribution in [3.05, 3.63) is 23.8 Å². The third-order valence-electron chi connectivity index (χ3n) is 3.92. The van der Waals surface area contributed by atoms with Gasteiger partial charge in [0.1, 0.15) is 11.5 Å². The molecule has 2 rings (SSSR count). The van der Waals surface area contributed by atoms with Gasteiger partial charge in [-0.25, -0.2) is 0 Å². The van der Waals surface area contributed by atoms with Gasteiger partial charge in [0.25, 0.3) is 0 Å². The van der Waals surface area contributed by atoms with E-state index in [1.165, 1.54) is 6.07 Å². The Labute approximate surface area is 125 Å². The SMILES string of the molecule is CC(c1cc(O)cc(O)c1)N(C)CC(=O)N1CCNCC1. The first-order chi connectivity index (χ1) is 9.97. The van der Waals surface area contributed by atoms with Crippen molar-refractivity contribution in [2.45, 2.75) is 13.0 Å². The number of benzene rings is 1. The van der Waals surface area contributed by atoms with Crippen molar-refractivity contribution in [2.75, 3.05) is 39.8 Å². The first-order valence-electron chi connectivity index (χ1n) is 7.19. The van der Waals surface area contributed by atoms with E-state index in [9.17, 15) is 15.0 Å². The molecule has 6 heteroatoms. The Morgan fingerprint density at radius 1 is 1.29 bits per heavy atom. The summed E-state index contributed by atoms with van der Waals surface area (Å²) < 4.78 is 0. The van der Waals surface area contributed by atoms with Gasteiger partial charge in [-0.15, -0.1) is 0 Å². The average Bonchev–Trinajstić information content (AvgIpc) is 2.46. The second-order valence-electron chi connectivity index (χ2n) is 5.50. The Hall–Kier alpha value is -1.79. The summed E-state index contributed by atoms with van der Waals surface area (Å²) in [7, 11) is 1.87. The Kier molecular flexibility index (Phi) is 5.03. The fourth-order valence-corrected chi connectivity index (χ4v) is 2.48. The molecule has 0 saturated carbocycles. The molecular weight excluding hydrogens is 270 g/mol. The molecule has 1 atom stereocenters. The first-order valence-corrected chi connectivity index (χ1v) is 7.19. The molecule has 0 aliphatic carbocycles. The van der Waals surface area contributed by atoms with E-state index in [2.05, 4.69) is 5.32 Å². The first kappa shape index (κ1) is 15.6. The van der Waals surface area contributed by atoms with Gasteiger partial charge < -0.3 is 20.4 Å². The number of likely N-dealkylation sites (N-methyl/N-ethyl adjacent to an activating group) is 1. The number of piperazine rings is 1. The number of carbonyl (C=O) groups is 1. The van der Waals surface area contributed by atoms with E-state index in [1.54, 1.807) is 12.1 Å². The van der Waals surface area contributed by atoms with Crippen LogP contribution in [0.5, 0.6) is 11.5 Å². The van der Waals surface area contributed by atoms with Crippen molar-refractivity contribution in [1.82, 2.24) is 15.1 Å². The third-order valence-corrected chi connectivity index (χ3v) is 3.92. The fraction of sp³-hybridized carbons (Fsp3) is 0.533. The van der Waals surface area contributed by atoms with Crippen LogP contribution in [0, 0.1) is 0 Å². The molecule has 1 aliphatic heterocycles. The molecule has 0 bridgehead atoms. The van der Waals surface area contributed by atoms with Gasteiger partial charge in [-0.3, -0.25) is 9.69 Å². The molecule has 116 valence electrons.